The van der Waals surface area contributed by atoms with E-state index in [4.69, 9.17) is 43.5 Å². The van der Waals surface area contributed by atoms with Crippen molar-refractivity contribution in [1.82, 2.24) is 0 Å². The molecule has 1 atom stereocenters. The molecule has 1 heterocycles. The lowest BCUT2D eigenvalue weighted by atomic mass is 10.2. The molecule has 3 rings (SSSR count). The molecule has 0 bridgehead atoms. The monoisotopic (exact) mass is 563 g/mol. The molecule has 1 aliphatic rings. The van der Waals surface area contributed by atoms with E-state index in [1.807, 2.05) is 5.40 Å². The Balaban J connectivity index is 0.000000276. The van der Waals surface area contributed by atoms with E-state index in [0.717, 1.165) is 11.8 Å². The molecule has 0 radical (unpaired) electrons. The summed E-state index contributed by atoms with van der Waals surface area (Å²) in [6.45, 7) is 5.80. The maximum absolute atomic E-state index is 11.6. The van der Waals surface area contributed by atoms with Gasteiger partial charge in [-0.15, -0.1) is 0 Å². The lowest BCUT2D eigenvalue weighted by Gasteiger charge is -2.14. The van der Waals surface area contributed by atoms with Crippen molar-refractivity contribution < 1.29 is 47.9 Å². The average Bonchev–Trinajstić information content (AvgIpc) is 3.48. The molecule has 12 heteroatoms. The number of hydrogen-bond donors (Lipinski definition) is 1. The second kappa shape index (κ2) is 18.8. The van der Waals surface area contributed by atoms with E-state index in [2.05, 4.69) is 0 Å². The third-order valence-corrected chi connectivity index (χ3v) is 5.37. The van der Waals surface area contributed by atoms with Crippen molar-refractivity contribution in [2.24, 2.45) is 0 Å². The Hall–Kier alpha value is -3.34. The second-order valence-electron chi connectivity index (χ2n) is 7.52. The van der Waals surface area contributed by atoms with Gasteiger partial charge in [0.1, 0.15) is 30.1 Å². The van der Waals surface area contributed by atoms with Crippen molar-refractivity contribution in [2.45, 2.75) is 25.6 Å². The molecule has 0 spiro atoms. The Morgan fingerprint density at radius 1 is 1.00 bits per heavy atom. The molecule has 0 amide bonds. The number of thioether (sulfide) groups is 1. The molecule has 0 aliphatic carbocycles. The Bertz CT molecular complexity index is 1050. The van der Waals surface area contributed by atoms with Crippen molar-refractivity contribution in [1.29, 1.82) is 5.26 Å². The minimum absolute atomic E-state index is 0.124. The van der Waals surface area contributed by atoms with Gasteiger partial charge in [0.25, 0.3) is 0 Å². The van der Waals surface area contributed by atoms with E-state index in [-0.39, 0.29) is 32.1 Å². The van der Waals surface area contributed by atoms with Crippen LogP contribution in [-0.4, -0.2) is 81.6 Å². The predicted molar refractivity (Wildman–Crippen MR) is 142 cm³/mol. The first-order chi connectivity index (χ1) is 19.0. The fourth-order valence-electron chi connectivity index (χ4n) is 3.05. The number of hydrogen-bond acceptors (Lipinski definition) is 12. The molecule has 1 saturated heterocycles. The van der Waals surface area contributed by atoms with Gasteiger partial charge in [0.15, 0.2) is 11.7 Å². The number of ether oxygens (including phenoxy) is 7. The number of aliphatic hydroxyl groups is 1. The third kappa shape index (κ3) is 12.4. The Labute approximate surface area is 231 Å². The molecule has 1 unspecified atom stereocenters. The van der Waals surface area contributed by atoms with Crippen LogP contribution in [0.2, 0.25) is 0 Å². The SMILES string of the molecule is CCOC(=O)c1cccc(OCC(OCCO)SC#N)c1.CCOC(=O)c1cccc(OCC2OCCO2)c1. The van der Waals surface area contributed by atoms with Gasteiger partial charge in [-0.2, -0.15) is 5.26 Å². The highest BCUT2D eigenvalue weighted by Crippen LogP contribution is 2.18. The Morgan fingerprint density at radius 3 is 2.08 bits per heavy atom. The summed E-state index contributed by atoms with van der Waals surface area (Å²) in [6.07, 6.45) is -0.323. The Kier molecular flexibility index (Phi) is 15.4. The molecular weight excluding hydrogens is 530 g/mol. The number of nitriles is 1. The second-order valence-corrected chi connectivity index (χ2v) is 8.47. The van der Waals surface area contributed by atoms with E-state index in [1.165, 1.54) is 0 Å². The molecular formula is C27H33NO10S. The first kappa shape index (κ1) is 31.9. The molecule has 2 aromatic carbocycles. The number of carbonyl (C=O) groups is 2. The maximum atomic E-state index is 11.6. The molecule has 1 fully saturated rings. The normalized spacial score (nSPS) is 13.4. The fourth-order valence-corrected chi connectivity index (χ4v) is 3.46. The molecule has 0 saturated carbocycles. The summed E-state index contributed by atoms with van der Waals surface area (Å²) in [7, 11) is 0. The standard InChI is InChI=1S/C14H17NO5S.C13H16O5/c1-2-18-14(17)11-4-3-5-12(8-11)20-9-13(21-10-15)19-7-6-16;1-2-15-13(14)10-4-3-5-11(8-10)18-9-12-16-6-7-17-12/h3-5,8,13,16H,2,6-7,9H2,1H3;3-5,8,12H,2,6-7,9H2,1H3. The van der Waals surface area contributed by atoms with Crippen LogP contribution in [0.15, 0.2) is 48.5 Å². The van der Waals surface area contributed by atoms with Crippen LogP contribution < -0.4 is 9.47 Å². The van der Waals surface area contributed by atoms with Crippen molar-refractivity contribution in [3.8, 4) is 16.9 Å². The topological polar surface area (TPSA) is 143 Å². The Morgan fingerprint density at radius 2 is 1.56 bits per heavy atom. The van der Waals surface area contributed by atoms with E-state index >= 15 is 0 Å². The number of aliphatic hydroxyl groups excluding tert-OH is 1. The van der Waals surface area contributed by atoms with Crippen LogP contribution in [0.5, 0.6) is 11.5 Å². The lowest BCUT2D eigenvalue weighted by molar-refractivity contribution is -0.0684. The van der Waals surface area contributed by atoms with E-state index < -0.39 is 11.4 Å². The summed E-state index contributed by atoms with van der Waals surface area (Å²) in [6, 6.07) is 13.4. The van der Waals surface area contributed by atoms with Gasteiger partial charge in [-0.25, -0.2) is 9.59 Å². The molecule has 11 nitrogen and oxygen atoms in total. The fraction of sp³-hybridized carbons (Fsp3) is 0.444. The van der Waals surface area contributed by atoms with Crippen LogP contribution in [-0.2, 0) is 23.7 Å². The summed E-state index contributed by atoms with van der Waals surface area (Å²) in [5.41, 5.74) is 0.367. The highest BCUT2D eigenvalue weighted by molar-refractivity contribution is 8.04. The average molecular weight is 564 g/mol. The van der Waals surface area contributed by atoms with Crippen LogP contribution in [0.25, 0.3) is 0 Å². The number of thiocyanates is 1. The molecule has 0 aromatic heterocycles. The summed E-state index contributed by atoms with van der Waals surface area (Å²) in [5, 5.41) is 19.3. The van der Waals surface area contributed by atoms with Gasteiger partial charge in [-0.05, 0) is 62.0 Å². The van der Waals surface area contributed by atoms with Gasteiger partial charge in [0, 0.05) is 0 Å². The zero-order valence-electron chi connectivity index (χ0n) is 21.9. The third-order valence-electron chi connectivity index (χ3n) is 4.73. The van der Waals surface area contributed by atoms with Gasteiger partial charge in [-0.3, -0.25) is 0 Å². The van der Waals surface area contributed by atoms with E-state index in [1.54, 1.807) is 62.4 Å². The number of rotatable bonds is 14. The summed E-state index contributed by atoms with van der Waals surface area (Å²) in [4.78, 5) is 23.1. The zero-order valence-corrected chi connectivity index (χ0v) is 22.7. The highest BCUT2D eigenvalue weighted by Gasteiger charge is 2.17. The van der Waals surface area contributed by atoms with Crippen LogP contribution >= 0.6 is 11.8 Å². The summed E-state index contributed by atoms with van der Waals surface area (Å²) in [5.74, 6) is 0.315. The maximum Gasteiger partial charge on any atom is 0.338 e. The van der Waals surface area contributed by atoms with Gasteiger partial charge in [0.2, 0.25) is 0 Å². The number of nitrogens with zero attached hydrogens (tertiary/aromatic N) is 1. The van der Waals surface area contributed by atoms with E-state index in [0.29, 0.717) is 55.7 Å². The minimum atomic E-state index is -0.506. The molecule has 39 heavy (non-hydrogen) atoms. The molecule has 212 valence electrons. The predicted octanol–water partition coefficient (Wildman–Crippen LogP) is 3.41. The minimum Gasteiger partial charge on any atom is -0.490 e. The lowest BCUT2D eigenvalue weighted by Crippen LogP contribution is -2.19. The summed E-state index contributed by atoms with van der Waals surface area (Å²) < 4.78 is 36.6. The quantitative estimate of drug-likeness (QED) is 0.204. The van der Waals surface area contributed by atoms with Gasteiger partial charge in [0.05, 0.1) is 50.8 Å². The first-order valence-corrected chi connectivity index (χ1v) is 13.2. The van der Waals surface area contributed by atoms with E-state index in [9.17, 15) is 9.59 Å². The molecule has 1 N–H and O–H groups in total. The van der Waals surface area contributed by atoms with Crippen molar-refractivity contribution in [3.05, 3.63) is 59.7 Å². The van der Waals surface area contributed by atoms with Crippen molar-refractivity contribution in [3.63, 3.8) is 0 Å². The smallest absolute Gasteiger partial charge is 0.338 e. The van der Waals surface area contributed by atoms with Crippen LogP contribution in [0.4, 0.5) is 0 Å². The number of carbonyl (C=O) groups excluding carboxylic acids is 2. The van der Waals surface area contributed by atoms with Crippen molar-refractivity contribution >= 4 is 23.7 Å². The van der Waals surface area contributed by atoms with Crippen LogP contribution in [0.1, 0.15) is 34.6 Å². The largest absolute Gasteiger partial charge is 0.490 e. The van der Waals surface area contributed by atoms with Crippen LogP contribution in [0, 0.1) is 10.7 Å². The van der Waals surface area contributed by atoms with Gasteiger partial charge in [-0.1, -0.05) is 12.1 Å². The zero-order chi connectivity index (χ0) is 28.3. The number of benzene rings is 2. The summed E-state index contributed by atoms with van der Waals surface area (Å²) >= 11 is 0.910. The molecule has 1 aliphatic heterocycles. The molecule has 2 aromatic rings. The van der Waals surface area contributed by atoms with Crippen molar-refractivity contribution in [2.75, 3.05) is 52.9 Å². The highest BCUT2D eigenvalue weighted by atomic mass is 32.2. The van der Waals surface area contributed by atoms with Gasteiger partial charge < -0.3 is 38.3 Å². The first-order valence-electron chi connectivity index (χ1n) is 12.3. The van der Waals surface area contributed by atoms with Crippen LogP contribution in [0.3, 0.4) is 0 Å². The number of esters is 2. The van der Waals surface area contributed by atoms with Gasteiger partial charge >= 0.3 is 11.9 Å².